The van der Waals surface area contributed by atoms with Crippen LogP contribution in [0.25, 0.3) is 5.69 Å². The SMILES string of the molecule is Cc1c(C(=O)NC(CC(C)C)C(=O)O)nnn1-c1ccc2c(c1)OCCO2. The van der Waals surface area contributed by atoms with Crippen molar-refractivity contribution in [1.82, 2.24) is 20.3 Å². The fourth-order valence-electron chi connectivity index (χ4n) is 2.87. The van der Waals surface area contributed by atoms with E-state index in [4.69, 9.17) is 9.47 Å². The van der Waals surface area contributed by atoms with Crippen LogP contribution in [0.3, 0.4) is 0 Å². The summed E-state index contributed by atoms with van der Waals surface area (Å²) in [4.78, 5) is 23.9. The maximum Gasteiger partial charge on any atom is 0.326 e. The van der Waals surface area contributed by atoms with Gasteiger partial charge in [0.15, 0.2) is 17.2 Å². The topological polar surface area (TPSA) is 116 Å². The van der Waals surface area contributed by atoms with Crippen LogP contribution in [0.15, 0.2) is 18.2 Å². The van der Waals surface area contributed by atoms with Gasteiger partial charge < -0.3 is 19.9 Å². The molecule has 2 heterocycles. The van der Waals surface area contributed by atoms with Gasteiger partial charge in [0.1, 0.15) is 19.3 Å². The Morgan fingerprint density at radius 2 is 1.96 bits per heavy atom. The van der Waals surface area contributed by atoms with Crippen LogP contribution < -0.4 is 14.8 Å². The van der Waals surface area contributed by atoms with Crippen LogP contribution in [0.4, 0.5) is 0 Å². The Labute approximate surface area is 156 Å². The van der Waals surface area contributed by atoms with Crippen LogP contribution in [0.1, 0.15) is 36.5 Å². The highest BCUT2D eigenvalue weighted by molar-refractivity contribution is 5.95. The van der Waals surface area contributed by atoms with Gasteiger partial charge in [-0.15, -0.1) is 5.10 Å². The van der Waals surface area contributed by atoms with Gasteiger partial charge in [0.25, 0.3) is 5.91 Å². The quantitative estimate of drug-likeness (QED) is 0.788. The first-order chi connectivity index (χ1) is 12.9. The number of nitrogens with zero attached hydrogens (tertiary/aromatic N) is 3. The molecule has 9 heteroatoms. The van der Waals surface area contributed by atoms with Crippen molar-refractivity contribution in [1.29, 1.82) is 0 Å². The van der Waals surface area contributed by atoms with Gasteiger partial charge in [-0.25, -0.2) is 9.48 Å². The number of carbonyl (C=O) groups excluding carboxylic acids is 1. The Morgan fingerprint density at radius 1 is 1.26 bits per heavy atom. The molecule has 2 aromatic rings. The van der Waals surface area contributed by atoms with Crippen LogP contribution in [0, 0.1) is 12.8 Å². The zero-order chi connectivity index (χ0) is 19.6. The maximum absolute atomic E-state index is 12.5. The van der Waals surface area contributed by atoms with E-state index in [2.05, 4.69) is 15.6 Å². The molecule has 1 atom stereocenters. The second kappa shape index (κ2) is 7.65. The molecule has 1 unspecified atom stereocenters. The van der Waals surface area contributed by atoms with Crippen molar-refractivity contribution < 1.29 is 24.2 Å². The number of carbonyl (C=O) groups is 2. The number of ether oxygens (including phenoxy) is 2. The number of amides is 1. The molecule has 3 rings (SSSR count). The molecule has 0 bridgehead atoms. The van der Waals surface area contributed by atoms with E-state index in [1.54, 1.807) is 25.1 Å². The number of aromatic nitrogens is 3. The van der Waals surface area contributed by atoms with Gasteiger partial charge in [0.05, 0.1) is 11.4 Å². The number of rotatable bonds is 6. The lowest BCUT2D eigenvalue weighted by Crippen LogP contribution is -2.42. The second-order valence-electron chi connectivity index (χ2n) is 6.76. The number of aliphatic carboxylic acids is 1. The third-order valence-corrected chi connectivity index (χ3v) is 4.19. The minimum Gasteiger partial charge on any atom is -0.486 e. The predicted molar refractivity (Wildman–Crippen MR) is 95.4 cm³/mol. The smallest absolute Gasteiger partial charge is 0.326 e. The van der Waals surface area contributed by atoms with E-state index < -0.39 is 17.9 Å². The molecule has 1 amide bonds. The maximum atomic E-state index is 12.5. The Bertz CT molecular complexity index is 861. The minimum absolute atomic E-state index is 0.0832. The Kier molecular flexibility index (Phi) is 5.29. The fourth-order valence-corrected chi connectivity index (χ4v) is 2.87. The molecule has 0 radical (unpaired) electrons. The predicted octanol–water partition coefficient (Wildman–Crippen LogP) is 1.58. The fraction of sp³-hybridized carbons (Fsp3) is 0.444. The Hall–Kier alpha value is -3.10. The third-order valence-electron chi connectivity index (χ3n) is 4.19. The van der Waals surface area contributed by atoms with E-state index >= 15 is 0 Å². The lowest BCUT2D eigenvalue weighted by atomic mass is 10.0. The molecule has 0 spiro atoms. The van der Waals surface area contributed by atoms with Gasteiger partial charge >= 0.3 is 5.97 Å². The van der Waals surface area contributed by atoms with Crippen LogP contribution in [0.5, 0.6) is 11.5 Å². The zero-order valence-electron chi connectivity index (χ0n) is 15.4. The molecular weight excluding hydrogens is 352 g/mol. The third kappa shape index (κ3) is 4.02. The first-order valence-corrected chi connectivity index (χ1v) is 8.72. The van der Waals surface area contributed by atoms with E-state index in [1.165, 1.54) is 4.68 Å². The largest absolute Gasteiger partial charge is 0.486 e. The Balaban J connectivity index is 1.82. The number of hydrogen-bond acceptors (Lipinski definition) is 6. The van der Waals surface area contributed by atoms with E-state index in [0.717, 1.165) is 0 Å². The van der Waals surface area contributed by atoms with Crippen molar-refractivity contribution >= 4 is 11.9 Å². The highest BCUT2D eigenvalue weighted by atomic mass is 16.6. The van der Waals surface area contributed by atoms with Crippen molar-refractivity contribution in [2.24, 2.45) is 5.92 Å². The van der Waals surface area contributed by atoms with Crippen LogP contribution in [-0.4, -0.2) is 51.2 Å². The summed E-state index contributed by atoms with van der Waals surface area (Å²) in [7, 11) is 0. The summed E-state index contributed by atoms with van der Waals surface area (Å²) in [6.45, 7) is 6.45. The van der Waals surface area contributed by atoms with E-state index in [9.17, 15) is 14.7 Å². The molecule has 1 aliphatic rings. The number of hydrogen-bond donors (Lipinski definition) is 2. The van der Waals surface area contributed by atoms with E-state index in [-0.39, 0.29) is 11.6 Å². The summed E-state index contributed by atoms with van der Waals surface area (Å²) in [6, 6.07) is 4.34. The highest BCUT2D eigenvalue weighted by Gasteiger charge is 2.25. The summed E-state index contributed by atoms with van der Waals surface area (Å²) >= 11 is 0. The van der Waals surface area contributed by atoms with Crippen LogP contribution in [0.2, 0.25) is 0 Å². The Morgan fingerprint density at radius 3 is 2.63 bits per heavy atom. The van der Waals surface area contributed by atoms with Gasteiger partial charge in [-0.2, -0.15) is 0 Å². The average molecular weight is 374 g/mol. The van der Waals surface area contributed by atoms with Crippen molar-refractivity contribution in [3.05, 3.63) is 29.6 Å². The van der Waals surface area contributed by atoms with Crippen molar-refractivity contribution in [3.8, 4) is 17.2 Å². The summed E-state index contributed by atoms with van der Waals surface area (Å²) in [5.74, 6) is -0.264. The second-order valence-corrected chi connectivity index (χ2v) is 6.76. The summed E-state index contributed by atoms with van der Waals surface area (Å²) in [6.07, 6.45) is 0.330. The molecule has 0 fully saturated rings. The number of fused-ring (bicyclic) bond motifs is 1. The standard InChI is InChI=1S/C18H22N4O5/c1-10(2)8-13(18(24)25)19-17(23)16-11(3)22(21-20-16)12-4-5-14-15(9-12)27-7-6-26-14/h4-5,9-10,13H,6-8H2,1-3H3,(H,19,23)(H,24,25). The van der Waals surface area contributed by atoms with Gasteiger partial charge in [-0.3, -0.25) is 4.79 Å². The van der Waals surface area contributed by atoms with Crippen molar-refractivity contribution in [2.45, 2.75) is 33.2 Å². The molecule has 144 valence electrons. The molecule has 1 aliphatic heterocycles. The van der Waals surface area contributed by atoms with Gasteiger partial charge in [0, 0.05) is 6.07 Å². The number of carboxylic acids is 1. The van der Waals surface area contributed by atoms with Gasteiger partial charge in [-0.05, 0) is 31.4 Å². The number of benzene rings is 1. The number of carboxylic acid groups (broad SMARTS) is 1. The first kappa shape index (κ1) is 18.7. The summed E-state index contributed by atoms with van der Waals surface area (Å²) in [5, 5.41) is 19.8. The van der Waals surface area contributed by atoms with Gasteiger partial charge in [-0.1, -0.05) is 19.1 Å². The molecule has 2 N–H and O–H groups in total. The summed E-state index contributed by atoms with van der Waals surface area (Å²) < 4.78 is 12.6. The number of nitrogens with one attached hydrogen (secondary N) is 1. The zero-order valence-corrected chi connectivity index (χ0v) is 15.4. The molecular formula is C18H22N4O5. The minimum atomic E-state index is -1.08. The average Bonchev–Trinajstić information content (AvgIpc) is 3.01. The lowest BCUT2D eigenvalue weighted by Gasteiger charge is -2.19. The molecule has 0 saturated heterocycles. The molecule has 27 heavy (non-hydrogen) atoms. The molecule has 0 aliphatic carbocycles. The molecule has 9 nitrogen and oxygen atoms in total. The van der Waals surface area contributed by atoms with Gasteiger partial charge in [0.2, 0.25) is 0 Å². The van der Waals surface area contributed by atoms with Crippen molar-refractivity contribution in [3.63, 3.8) is 0 Å². The first-order valence-electron chi connectivity index (χ1n) is 8.72. The normalized spacial score (nSPS) is 14.1. The highest BCUT2D eigenvalue weighted by Crippen LogP contribution is 2.32. The van der Waals surface area contributed by atoms with E-state index in [0.29, 0.717) is 42.5 Å². The molecule has 1 aromatic heterocycles. The van der Waals surface area contributed by atoms with Crippen LogP contribution >= 0.6 is 0 Å². The van der Waals surface area contributed by atoms with Crippen molar-refractivity contribution in [2.75, 3.05) is 13.2 Å². The monoisotopic (exact) mass is 374 g/mol. The van der Waals surface area contributed by atoms with E-state index in [1.807, 2.05) is 13.8 Å². The molecule has 0 saturated carbocycles. The molecule has 1 aromatic carbocycles. The lowest BCUT2D eigenvalue weighted by molar-refractivity contribution is -0.139. The summed E-state index contributed by atoms with van der Waals surface area (Å²) in [5.41, 5.74) is 1.25. The van der Waals surface area contributed by atoms with Crippen LogP contribution in [-0.2, 0) is 4.79 Å².